The summed E-state index contributed by atoms with van der Waals surface area (Å²) in [6.45, 7) is 11.8. The van der Waals surface area contributed by atoms with Gasteiger partial charge in [0, 0.05) is 24.1 Å². The second-order valence-corrected chi connectivity index (χ2v) is 12.4. The third kappa shape index (κ3) is 5.97. The van der Waals surface area contributed by atoms with Crippen LogP contribution >= 0.6 is 11.8 Å². The van der Waals surface area contributed by atoms with Gasteiger partial charge in [0.1, 0.15) is 12.4 Å². The van der Waals surface area contributed by atoms with E-state index in [-0.39, 0.29) is 34.8 Å². The molecule has 0 fully saturated rings. The zero-order valence-corrected chi connectivity index (χ0v) is 24.4. The van der Waals surface area contributed by atoms with E-state index in [0.29, 0.717) is 12.4 Å². The molecule has 1 unspecified atom stereocenters. The Labute approximate surface area is 230 Å². The molecular weight excluding hydrogens is 494 g/mol. The van der Waals surface area contributed by atoms with Crippen LogP contribution in [0.5, 0.6) is 0 Å². The third-order valence-electron chi connectivity index (χ3n) is 6.70. The van der Waals surface area contributed by atoms with E-state index < -0.39 is 0 Å². The lowest BCUT2D eigenvalue weighted by atomic mass is 9.86. The summed E-state index contributed by atoms with van der Waals surface area (Å²) in [6.07, 6.45) is 0. The Bertz CT molecular complexity index is 1320. The van der Waals surface area contributed by atoms with E-state index in [1.54, 1.807) is 16.7 Å². The fourth-order valence-electron chi connectivity index (χ4n) is 4.76. The van der Waals surface area contributed by atoms with Crippen LogP contribution < -0.4 is 10.2 Å². The van der Waals surface area contributed by atoms with Crippen LogP contribution in [0, 0.1) is 13.8 Å². The topological polar surface area (TPSA) is 70.5 Å². The Morgan fingerprint density at radius 1 is 1.13 bits per heavy atom. The summed E-state index contributed by atoms with van der Waals surface area (Å²) < 4.78 is 1.88. The van der Waals surface area contributed by atoms with E-state index in [1.165, 1.54) is 5.56 Å². The standard InChI is InChI=1S/C30H39N5O2S/c1-20-11-10-13-22(17-20)35-29-26(28(32-35)30(3,4)5)27(23-14-9-8-12-21(23)2)38-19-25(37)34(29)18-24(36)31-15-16-33(6)7/h8-14,17,27H,15-16,18-19H2,1-7H3,(H,31,36). The lowest BCUT2D eigenvalue weighted by Crippen LogP contribution is -2.43. The molecule has 1 atom stereocenters. The maximum Gasteiger partial charge on any atom is 0.240 e. The molecule has 8 heteroatoms. The molecule has 1 aliphatic heterocycles. The molecule has 3 aromatic rings. The van der Waals surface area contributed by atoms with Gasteiger partial charge in [-0.25, -0.2) is 4.68 Å². The van der Waals surface area contributed by atoms with Gasteiger partial charge in [-0.1, -0.05) is 57.2 Å². The average Bonchev–Trinajstić information content (AvgIpc) is 3.18. The molecule has 0 saturated heterocycles. The van der Waals surface area contributed by atoms with Gasteiger partial charge in [0.25, 0.3) is 0 Å². The summed E-state index contributed by atoms with van der Waals surface area (Å²) in [7, 11) is 3.93. The van der Waals surface area contributed by atoms with E-state index in [1.807, 2.05) is 60.9 Å². The Morgan fingerprint density at radius 3 is 2.53 bits per heavy atom. The number of hydrogen-bond acceptors (Lipinski definition) is 5. The number of carbonyl (C=O) groups excluding carboxylic acids is 2. The number of anilines is 1. The predicted molar refractivity (Wildman–Crippen MR) is 156 cm³/mol. The number of carbonyl (C=O) groups is 2. The van der Waals surface area contributed by atoms with Crippen molar-refractivity contribution in [3.8, 4) is 5.69 Å². The van der Waals surface area contributed by atoms with Crippen molar-refractivity contribution in [1.29, 1.82) is 0 Å². The number of rotatable bonds is 7. The number of aryl methyl sites for hydroxylation is 2. The van der Waals surface area contributed by atoms with Crippen LogP contribution in [0.3, 0.4) is 0 Å². The zero-order chi connectivity index (χ0) is 27.6. The van der Waals surface area contributed by atoms with Gasteiger partial charge in [-0.05, 0) is 56.8 Å². The van der Waals surface area contributed by atoms with Crippen molar-refractivity contribution < 1.29 is 9.59 Å². The van der Waals surface area contributed by atoms with Gasteiger partial charge in [0.05, 0.1) is 22.4 Å². The molecule has 2 amide bonds. The number of aromatic nitrogens is 2. The van der Waals surface area contributed by atoms with Crippen molar-refractivity contribution in [2.45, 2.75) is 45.3 Å². The van der Waals surface area contributed by atoms with Gasteiger partial charge in [0.2, 0.25) is 11.8 Å². The molecule has 4 rings (SSSR count). The molecule has 1 aromatic heterocycles. The Kier molecular flexibility index (Phi) is 8.33. The molecule has 2 heterocycles. The van der Waals surface area contributed by atoms with Gasteiger partial charge < -0.3 is 10.2 Å². The number of benzene rings is 2. The summed E-state index contributed by atoms with van der Waals surface area (Å²) in [4.78, 5) is 30.5. The van der Waals surface area contributed by atoms with Crippen molar-refractivity contribution in [3.05, 3.63) is 76.5 Å². The van der Waals surface area contributed by atoms with Gasteiger partial charge in [-0.3, -0.25) is 14.5 Å². The summed E-state index contributed by atoms with van der Waals surface area (Å²) in [5, 5.41) is 8.06. The van der Waals surface area contributed by atoms with E-state index >= 15 is 0 Å². The predicted octanol–water partition coefficient (Wildman–Crippen LogP) is 4.63. The molecule has 0 saturated carbocycles. The molecule has 0 aliphatic carbocycles. The number of fused-ring (bicyclic) bond motifs is 1. The highest BCUT2D eigenvalue weighted by Gasteiger charge is 2.40. The zero-order valence-electron chi connectivity index (χ0n) is 23.5. The Hall–Kier alpha value is -3.10. The van der Waals surface area contributed by atoms with Crippen LogP contribution in [0.25, 0.3) is 5.69 Å². The van der Waals surface area contributed by atoms with Crippen LogP contribution in [0.4, 0.5) is 5.82 Å². The molecule has 2 aromatic carbocycles. The summed E-state index contributed by atoms with van der Waals surface area (Å²) in [5.74, 6) is 0.687. The van der Waals surface area contributed by atoms with Gasteiger partial charge in [-0.15, -0.1) is 11.8 Å². The number of amides is 2. The minimum Gasteiger partial charge on any atom is -0.353 e. The van der Waals surface area contributed by atoms with Gasteiger partial charge in [-0.2, -0.15) is 5.10 Å². The second kappa shape index (κ2) is 11.3. The van der Waals surface area contributed by atoms with Crippen molar-refractivity contribution in [2.75, 3.05) is 44.4 Å². The Balaban J connectivity index is 1.94. The molecule has 0 radical (unpaired) electrons. The molecule has 1 N–H and O–H groups in total. The lowest BCUT2D eigenvalue weighted by Gasteiger charge is -2.25. The average molecular weight is 534 g/mol. The van der Waals surface area contributed by atoms with Crippen molar-refractivity contribution in [3.63, 3.8) is 0 Å². The first kappa shape index (κ1) is 27.9. The summed E-state index contributed by atoms with van der Waals surface area (Å²) >= 11 is 1.61. The number of nitrogens with zero attached hydrogens (tertiary/aromatic N) is 4. The molecule has 7 nitrogen and oxygen atoms in total. The summed E-state index contributed by atoms with van der Waals surface area (Å²) in [6, 6.07) is 16.5. The highest BCUT2D eigenvalue weighted by molar-refractivity contribution is 8.00. The number of nitrogens with one attached hydrogen (secondary N) is 1. The van der Waals surface area contributed by atoms with Crippen LogP contribution in [0.1, 0.15) is 54.0 Å². The molecule has 1 aliphatic rings. The minimum absolute atomic E-state index is 0.0542. The monoisotopic (exact) mass is 533 g/mol. The molecule has 38 heavy (non-hydrogen) atoms. The van der Waals surface area contributed by atoms with Crippen molar-refractivity contribution in [1.82, 2.24) is 20.0 Å². The first-order valence-electron chi connectivity index (χ1n) is 13.1. The third-order valence-corrected chi connectivity index (χ3v) is 7.94. The Morgan fingerprint density at radius 2 is 1.87 bits per heavy atom. The smallest absolute Gasteiger partial charge is 0.240 e. The van der Waals surface area contributed by atoms with E-state index in [4.69, 9.17) is 5.10 Å². The number of likely N-dealkylation sites (N-methyl/N-ethyl adjacent to an activating group) is 1. The number of hydrogen-bond donors (Lipinski definition) is 1. The lowest BCUT2D eigenvalue weighted by molar-refractivity contribution is -0.122. The largest absolute Gasteiger partial charge is 0.353 e. The highest BCUT2D eigenvalue weighted by Crippen LogP contribution is 2.49. The van der Waals surface area contributed by atoms with Crippen LogP contribution in [-0.4, -0.2) is 66.0 Å². The SMILES string of the molecule is Cc1cccc(-n2nc(C(C)(C)C)c3c2N(CC(=O)NCCN(C)C)C(=O)CSC3c2ccccc2C)c1. The number of thioether (sulfide) groups is 1. The minimum atomic E-state index is -0.284. The fourth-order valence-corrected chi connectivity index (χ4v) is 6.05. The molecule has 0 spiro atoms. The quantitative estimate of drug-likeness (QED) is 0.479. The van der Waals surface area contributed by atoms with Gasteiger partial charge >= 0.3 is 0 Å². The maximum absolute atomic E-state index is 13.7. The van der Waals surface area contributed by atoms with Crippen LogP contribution in [0.2, 0.25) is 0 Å². The van der Waals surface area contributed by atoms with E-state index in [9.17, 15) is 9.59 Å². The summed E-state index contributed by atoms with van der Waals surface area (Å²) in [5.41, 5.74) is 5.96. The van der Waals surface area contributed by atoms with E-state index in [0.717, 1.165) is 34.6 Å². The van der Waals surface area contributed by atoms with Crippen LogP contribution in [-0.2, 0) is 15.0 Å². The second-order valence-electron chi connectivity index (χ2n) is 11.3. The van der Waals surface area contributed by atoms with E-state index in [2.05, 4.69) is 51.2 Å². The molecule has 202 valence electrons. The fraction of sp³-hybridized carbons (Fsp3) is 0.433. The van der Waals surface area contributed by atoms with Crippen molar-refractivity contribution >= 4 is 29.4 Å². The highest BCUT2D eigenvalue weighted by atomic mass is 32.2. The van der Waals surface area contributed by atoms with Crippen LogP contribution in [0.15, 0.2) is 48.5 Å². The van der Waals surface area contributed by atoms with Crippen molar-refractivity contribution in [2.24, 2.45) is 0 Å². The first-order chi connectivity index (χ1) is 18.0. The van der Waals surface area contributed by atoms with Gasteiger partial charge in [0.15, 0.2) is 0 Å². The maximum atomic E-state index is 13.7. The normalized spacial score (nSPS) is 15.9. The molecular formula is C30H39N5O2S. The molecule has 0 bridgehead atoms. The first-order valence-corrected chi connectivity index (χ1v) is 14.1.